The van der Waals surface area contributed by atoms with E-state index in [0.29, 0.717) is 0 Å². The Labute approximate surface area is 167 Å². The second kappa shape index (κ2) is 7.54. The van der Waals surface area contributed by atoms with Crippen molar-refractivity contribution >= 4 is 55.8 Å². The number of alkyl halides is 3. The van der Waals surface area contributed by atoms with Crippen LogP contribution >= 0.6 is 35.0 Å². The highest BCUT2D eigenvalue weighted by molar-refractivity contribution is 8.26. The first kappa shape index (κ1) is 20.3. The molecule has 27 heavy (non-hydrogen) atoms. The molecule has 1 fully saturated rings. The van der Waals surface area contributed by atoms with E-state index in [-0.39, 0.29) is 32.9 Å². The average molecular weight is 455 g/mol. The van der Waals surface area contributed by atoms with Crippen LogP contribution in [0.4, 0.5) is 18.9 Å². The Morgan fingerprint density at radius 2 is 1.85 bits per heavy atom. The van der Waals surface area contributed by atoms with E-state index in [0.717, 1.165) is 23.9 Å². The maximum atomic E-state index is 12.8. The van der Waals surface area contributed by atoms with E-state index in [1.807, 2.05) is 0 Å². The van der Waals surface area contributed by atoms with E-state index in [4.69, 9.17) is 23.2 Å². The van der Waals surface area contributed by atoms with Crippen molar-refractivity contribution in [3.05, 3.63) is 63.6 Å². The van der Waals surface area contributed by atoms with Gasteiger partial charge in [-0.3, -0.25) is 4.72 Å². The van der Waals surface area contributed by atoms with E-state index >= 15 is 0 Å². The number of aliphatic imine (C=N–C) groups is 1. The zero-order valence-electron chi connectivity index (χ0n) is 13.3. The molecule has 1 unspecified atom stereocenters. The van der Waals surface area contributed by atoms with Crippen LogP contribution in [0.15, 0.2) is 47.5 Å². The number of hydrogen-bond acceptors (Lipinski definition) is 4. The highest BCUT2D eigenvalue weighted by atomic mass is 35.5. The van der Waals surface area contributed by atoms with Crippen molar-refractivity contribution < 1.29 is 21.6 Å². The smallest absolute Gasteiger partial charge is 0.261 e. The maximum Gasteiger partial charge on any atom is 0.416 e. The Morgan fingerprint density at radius 1 is 1.15 bits per heavy atom. The van der Waals surface area contributed by atoms with Crippen LogP contribution in [-0.4, -0.2) is 18.2 Å². The van der Waals surface area contributed by atoms with Crippen LogP contribution in [0.5, 0.6) is 0 Å². The summed E-state index contributed by atoms with van der Waals surface area (Å²) >= 11 is 12.8. The lowest BCUT2D eigenvalue weighted by molar-refractivity contribution is -0.137. The summed E-state index contributed by atoms with van der Waals surface area (Å²) in [6, 6.07) is 9.33. The molecule has 1 aliphatic heterocycles. The van der Waals surface area contributed by atoms with Gasteiger partial charge >= 0.3 is 6.18 Å². The molecule has 2 aromatic carbocycles. The van der Waals surface area contributed by atoms with Crippen molar-refractivity contribution in [3.63, 3.8) is 0 Å². The minimum Gasteiger partial charge on any atom is -0.261 e. The second-order valence-electron chi connectivity index (χ2n) is 5.59. The van der Waals surface area contributed by atoms with E-state index in [2.05, 4.69) is 9.71 Å². The van der Waals surface area contributed by atoms with Gasteiger partial charge in [-0.15, -0.1) is 0 Å². The van der Waals surface area contributed by atoms with Gasteiger partial charge in [-0.25, -0.2) is 13.4 Å². The van der Waals surface area contributed by atoms with Gasteiger partial charge in [-0.2, -0.15) is 13.2 Å². The van der Waals surface area contributed by atoms with Gasteiger partial charge in [-0.05, 0) is 23.8 Å². The largest absolute Gasteiger partial charge is 0.416 e. The average Bonchev–Trinajstić information content (AvgIpc) is 2.85. The van der Waals surface area contributed by atoms with Crippen LogP contribution < -0.4 is 4.72 Å². The van der Waals surface area contributed by atoms with Gasteiger partial charge in [0.2, 0.25) is 10.0 Å². The molecule has 0 radical (unpaired) electrons. The van der Waals surface area contributed by atoms with Gasteiger partial charge in [0, 0.05) is 6.42 Å². The highest BCUT2D eigenvalue weighted by Crippen LogP contribution is 2.36. The summed E-state index contributed by atoms with van der Waals surface area (Å²) in [5.74, 6) is 0. The third-order valence-electron chi connectivity index (χ3n) is 3.63. The summed E-state index contributed by atoms with van der Waals surface area (Å²) in [4.78, 5) is 4.16. The maximum absolute atomic E-state index is 12.8. The summed E-state index contributed by atoms with van der Waals surface area (Å²) in [5, 5.41) is 0.522. The third-order valence-corrected chi connectivity index (χ3v) is 7.80. The molecule has 2 aromatic rings. The van der Waals surface area contributed by atoms with Gasteiger partial charge < -0.3 is 0 Å². The fourth-order valence-corrected chi connectivity index (χ4v) is 5.67. The van der Waals surface area contributed by atoms with Crippen LogP contribution in [0, 0.1) is 0 Å². The van der Waals surface area contributed by atoms with Crippen LogP contribution in [0.25, 0.3) is 0 Å². The summed E-state index contributed by atoms with van der Waals surface area (Å²) in [6.45, 7) is 0. The molecule has 1 saturated heterocycles. The molecular weight excluding hydrogens is 444 g/mol. The molecule has 1 atom stereocenters. The minimum atomic E-state index is -4.49. The Morgan fingerprint density at radius 3 is 2.56 bits per heavy atom. The fraction of sp³-hybridized carbons (Fsp3) is 0.188. The van der Waals surface area contributed by atoms with E-state index in [1.165, 1.54) is 12.1 Å². The molecule has 0 bridgehead atoms. The van der Waals surface area contributed by atoms with E-state index < -0.39 is 26.3 Å². The fourth-order valence-electron chi connectivity index (χ4n) is 2.36. The number of rotatable bonds is 3. The van der Waals surface area contributed by atoms with Crippen molar-refractivity contribution in [3.8, 4) is 0 Å². The minimum absolute atomic E-state index is 0.0798. The van der Waals surface area contributed by atoms with Gasteiger partial charge in [0.15, 0.2) is 5.17 Å². The van der Waals surface area contributed by atoms with Crippen LogP contribution in [-0.2, 0) is 22.6 Å². The topological polar surface area (TPSA) is 58.5 Å². The summed E-state index contributed by atoms with van der Waals surface area (Å²) in [7, 11) is -3.80. The number of sulfonamides is 1. The standard InChI is InChI=1S/C16H11Cl2F3N2O2S2/c17-11-5-2-6-12(14(11)18)22-15-23-27(24,25)13(26-15)8-9-3-1-4-10(7-9)16(19,20)21/h1-7,13H,8H2,(H,22,23). The van der Waals surface area contributed by atoms with E-state index in [1.54, 1.807) is 18.2 Å². The predicted molar refractivity (Wildman–Crippen MR) is 102 cm³/mol. The number of nitrogens with one attached hydrogen (secondary N) is 1. The van der Waals surface area contributed by atoms with Crippen molar-refractivity contribution in [2.45, 2.75) is 17.2 Å². The molecule has 144 valence electrons. The normalized spacial score (nSPS) is 20.6. The molecule has 0 aromatic heterocycles. The number of amidine groups is 1. The van der Waals surface area contributed by atoms with Gasteiger partial charge in [0.25, 0.3) is 0 Å². The van der Waals surface area contributed by atoms with Crippen LogP contribution in [0.3, 0.4) is 0 Å². The van der Waals surface area contributed by atoms with Crippen LogP contribution in [0.2, 0.25) is 10.0 Å². The molecule has 1 heterocycles. The lowest BCUT2D eigenvalue weighted by atomic mass is 10.1. The Balaban J connectivity index is 1.84. The number of halogens is 5. The molecule has 1 aliphatic rings. The first-order valence-electron chi connectivity index (χ1n) is 7.43. The first-order valence-corrected chi connectivity index (χ1v) is 10.6. The summed E-state index contributed by atoms with van der Waals surface area (Å²) in [5.41, 5.74) is -0.281. The Kier molecular flexibility index (Phi) is 5.67. The second-order valence-corrected chi connectivity index (χ2v) is 9.72. The van der Waals surface area contributed by atoms with Crippen molar-refractivity contribution in [1.29, 1.82) is 0 Å². The predicted octanol–water partition coefficient (Wildman–Crippen LogP) is 5.23. The SMILES string of the molecule is O=S1(=O)NC(=Nc2cccc(Cl)c2Cl)SC1Cc1cccc(C(F)(F)F)c1. The first-order chi connectivity index (χ1) is 12.6. The van der Waals surface area contributed by atoms with Crippen LogP contribution in [0.1, 0.15) is 11.1 Å². The summed E-state index contributed by atoms with van der Waals surface area (Å²) in [6.07, 6.45) is -4.60. The zero-order valence-corrected chi connectivity index (χ0v) is 16.4. The van der Waals surface area contributed by atoms with Gasteiger partial charge in [0.05, 0.1) is 21.3 Å². The highest BCUT2D eigenvalue weighted by Gasteiger charge is 2.37. The Bertz CT molecular complexity index is 1010. The van der Waals surface area contributed by atoms with Crippen molar-refractivity contribution in [1.82, 2.24) is 4.72 Å². The molecular formula is C16H11Cl2F3N2O2S2. The monoisotopic (exact) mass is 454 g/mol. The van der Waals surface area contributed by atoms with Crippen molar-refractivity contribution in [2.75, 3.05) is 0 Å². The zero-order chi connectivity index (χ0) is 19.8. The van der Waals surface area contributed by atoms with Gasteiger partial charge in [-0.1, -0.05) is 59.2 Å². The lowest BCUT2D eigenvalue weighted by Crippen LogP contribution is -2.26. The lowest BCUT2D eigenvalue weighted by Gasteiger charge is -2.10. The molecule has 0 amide bonds. The molecule has 0 spiro atoms. The van der Waals surface area contributed by atoms with Crippen molar-refractivity contribution in [2.24, 2.45) is 4.99 Å². The quantitative estimate of drug-likeness (QED) is 0.689. The molecule has 1 N–H and O–H groups in total. The summed E-state index contributed by atoms with van der Waals surface area (Å²) < 4.78 is 64.4. The molecule has 0 saturated carbocycles. The third kappa shape index (κ3) is 4.71. The van der Waals surface area contributed by atoms with Gasteiger partial charge in [0.1, 0.15) is 4.58 Å². The molecule has 11 heteroatoms. The number of benzene rings is 2. The number of nitrogens with zero attached hydrogens (tertiary/aromatic N) is 1. The van der Waals surface area contributed by atoms with E-state index in [9.17, 15) is 21.6 Å². The number of hydrogen-bond donors (Lipinski definition) is 1. The molecule has 3 rings (SSSR count). The Hall–Kier alpha value is -1.42. The molecule has 4 nitrogen and oxygen atoms in total. The number of thioether (sulfide) groups is 1. The molecule has 0 aliphatic carbocycles.